The van der Waals surface area contributed by atoms with E-state index in [0.29, 0.717) is 44.4 Å². The average molecular weight is 425 g/mol. The smallest absolute Gasteiger partial charge is 0.409 e. The molecule has 29 heavy (non-hydrogen) atoms. The maximum absolute atomic E-state index is 11.9. The molecule has 0 spiro atoms. The minimum absolute atomic E-state index is 0.251. The number of ether oxygens (including phenoxy) is 2. The zero-order valence-corrected chi connectivity index (χ0v) is 17.9. The van der Waals surface area contributed by atoms with Gasteiger partial charge in [0.2, 0.25) is 0 Å². The number of hydrogen-bond acceptors (Lipinski definition) is 6. The summed E-state index contributed by atoms with van der Waals surface area (Å²) < 4.78 is 10.2. The van der Waals surface area contributed by atoms with Crippen LogP contribution in [0.2, 0.25) is 5.02 Å². The van der Waals surface area contributed by atoms with Gasteiger partial charge in [-0.05, 0) is 32.0 Å². The highest BCUT2D eigenvalue weighted by Crippen LogP contribution is 2.29. The summed E-state index contributed by atoms with van der Waals surface area (Å²) in [6.45, 7) is 9.83. The lowest BCUT2D eigenvalue weighted by Gasteiger charge is -2.37. The third kappa shape index (κ3) is 5.38. The van der Waals surface area contributed by atoms with E-state index in [4.69, 9.17) is 21.1 Å². The van der Waals surface area contributed by atoms with Crippen molar-refractivity contribution in [3.8, 4) is 0 Å². The Kier molecular flexibility index (Phi) is 7.30. The highest BCUT2D eigenvalue weighted by Gasteiger charge is 2.25. The van der Waals surface area contributed by atoms with Gasteiger partial charge in [-0.1, -0.05) is 11.6 Å². The number of carbonyl (C=O) groups excluding carboxylic acids is 2. The molecule has 2 aliphatic rings. The van der Waals surface area contributed by atoms with Crippen LogP contribution in [0.4, 0.5) is 21.0 Å². The fraction of sp³-hybridized carbons (Fsp3) is 0.600. The first-order valence-electron chi connectivity index (χ1n) is 10.2. The van der Waals surface area contributed by atoms with Crippen LogP contribution in [0.25, 0.3) is 0 Å². The van der Waals surface area contributed by atoms with Gasteiger partial charge in [0, 0.05) is 68.8 Å². The summed E-state index contributed by atoms with van der Waals surface area (Å²) in [5.41, 5.74) is 2.09. The first-order valence-corrected chi connectivity index (χ1v) is 10.5. The van der Waals surface area contributed by atoms with Crippen LogP contribution in [0.1, 0.15) is 13.8 Å². The zero-order valence-electron chi connectivity index (χ0n) is 17.1. The second-order valence-corrected chi connectivity index (χ2v) is 7.45. The van der Waals surface area contributed by atoms with E-state index < -0.39 is 0 Å². The first-order chi connectivity index (χ1) is 14.0. The molecule has 160 valence electrons. The Morgan fingerprint density at radius 3 is 1.48 bits per heavy atom. The third-order valence-corrected chi connectivity index (χ3v) is 5.43. The molecule has 2 heterocycles. The van der Waals surface area contributed by atoms with Gasteiger partial charge in [0.25, 0.3) is 0 Å². The second-order valence-electron chi connectivity index (χ2n) is 7.01. The average Bonchev–Trinajstić information content (AvgIpc) is 2.74. The van der Waals surface area contributed by atoms with Gasteiger partial charge in [0.15, 0.2) is 0 Å². The SMILES string of the molecule is CCOC(=O)N1CCN(c2cc(Cl)cc(N3CCN(C(=O)OCC)CC3)c2)CC1. The number of halogens is 1. The van der Waals surface area contributed by atoms with Crippen molar-refractivity contribution >= 4 is 35.2 Å². The molecule has 0 unspecified atom stereocenters. The van der Waals surface area contributed by atoms with E-state index in [2.05, 4.69) is 15.9 Å². The predicted octanol–water partition coefficient (Wildman–Crippen LogP) is 2.90. The van der Waals surface area contributed by atoms with E-state index in [0.717, 1.165) is 37.6 Å². The monoisotopic (exact) mass is 424 g/mol. The molecule has 0 atom stereocenters. The van der Waals surface area contributed by atoms with E-state index in [-0.39, 0.29) is 12.2 Å². The number of amides is 2. The van der Waals surface area contributed by atoms with E-state index >= 15 is 0 Å². The molecular formula is C20H29ClN4O4. The number of nitrogens with zero attached hydrogens (tertiary/aromatic N) is 4. The van der Waals surface area contributed by atoms with Crippen LogP contribution in [-0.4, -0.2) is 87.6 Å². The van der Waals surface area contributed by atoms with E-state index in [1.807, 2.05) is 26.0 Å². The minimum Gasteiger partial charge on any atom is -0.450 e. The Balaban J connectivity index is 1.61. The maximum atomic E-state index is 11.9. The molecule has 0 aromatic heterocycles. The number of benzene rings is 1. The summed E-state index contributed by atoms with van der Waals surface area (Å²) in [6.07, 6.45) is -0.503. The highest BCUT2D eigenvalue weighted by molar-refractivity contribution is 6.31. The van der Waals surface area contributed by atoms with Crippen LogP contribution in [-0.2, 0) is 9.47 Å². The van der Waals surface area contributed by atoms with Crippen LogP contribution >= 0.6 is 11.6 Å². The molecule has 0 bridgehead atoms. The maximum Gasteiger partial charge on any atom is 0.409 e. The number of carbonyl (C=O) groups is 2. The summed E-state index contributed by atoms with van der Waals surface area (Å²) in [5.74, 6) is 0. The molecule has 0 radical (unpaired) electrons. The van der Waals surface area contributed by atoms with Gasteiger partial charge in [0.05, 0.1) is 13.2 Å². The first kappa shape index (κ1) is 21.4. The normalized spacial score (nSPS) is 17.3. The van der Waals surface area contributed by atoms with Gasteiger partial charge < -0.3 is 29.1 Å². The lowest BCUT2D eigenvalue weighted by Crippen LogP contribution is -2.49. The van der Waals surface area contributed by atoms with Gasteiger partial charge in [-0.2, -0.15) is 0 Å². The molecule has 3 rings (SSSR count). The van der Waals surface area contributed by atoms with E-state index in [1.165, 1.54) is 0 Å². The molecule has 1 aromatic carbocycles. The van der Waals surface area contributed by atoms with Crippen LogP contribution in [0.15, 0.2) is 18.2 Å². The Bertz CT molecular complexity index is 660. The second kappa shape index (κ2) is 9.91. The highest BCUT2D eigenvalue weighted by atomic mass is 35.5. The van der Waals surface area contributed by atoms with Crippen LogP contribution in [0.5, 0.6) is 0 Å². The number of rotatable bonds is 4. The molecule has 0 saturated carbocycles. The standard InChI is InChI=1S/C20H29ClN4O4/c1-3-28-19(26)24-9-5-22(6-10-24)17-13-16(21)14-18(15-17)23-7-11-25(12-8-23)20(27)29-4-2/h13-15H,3-12H2,1-2H3. The van der Waals surface area contributed by atoms with Crippen molar-refractivity contribution in [3.05, 3.63) is 23.2 Å². The quantitative estimate of drug-likeness (QED) is 0.740. The van der Waals surface area contributed by atoms with E-state index in [9.17, 15) is 9.59 Å². The molecule has 0 N–H and O–H groups in total. The lowest BCUT2D eigenvalue weighted by atomic mass is 10.2. The number of anilines is 2. The molecule has 2 aliphatic heterocycles. The molecular weight excluding hydrogens is 396 g/mol. The van der Waals surface area contributed by atoms with Gasteiger partial charge >= 0.3 is 12.2 Å². The Morgan fingerprint density at radius 1 is 0.759 bits per heavy atom. The van der Waals surface area contributed by atoms with Gasteiger partial charge in [-0.3, -0.25) is 0 Å². The van der Waals surface area contributed by atoms with Crippen LogP contribution in [0, 0.1) is 0 Å². The summed E-state index contributed by atoms with van der Waals surface area (Å²) >= 11 is 6.41. The van der Waals surface area contributed by atoms with Crippen LogP contribution in [0.3, 0.4) is 0 Å². The molecule has 2 amide bonds. The summed E-state index contributed by atoms with van der Waals surface area (Å²) in [5, 5.41) is 0.679. The van der Waals surface area contributed by atoms with Crippen molar-refractivity contribution < 1.29 is 19.1 Å². The lowest BCUT2D eigenvalue weighted by molar-refractivity contribution is 0.104. The number of hydrogen-bond donors (Lipinski definition) is 0. The molecule has 9 heteroatoms. The zero-order chi connectivity index (χ0) is 20.8. The summed E-state index contributed by atoms with van der Waals surface area (Å²) in [4.78, 5) is 31.7. The van der Waals surface area contributed by atoms with Crippen molar-refractivity contribution in [1.29, 1.82) is 0 Å². The predicted molar refractivity (Wildman–Crippen MR) is 113 cm³/mol. The molecule has 1 aromatic rings. The van der Waals surface area contributed by atoms with Gasteiger partial charge in [-0.25, -0.2) is 9.59 Å². The molecule has 8 nitrogen and oxygen atoms in total. The van der Waals surface area contributed by atoms with Crippen LogP contribution < -0.4 is 9.80 Å². The van der Waals surface area contributed by atoms with Crippen molar-refractivity contribution in [3.63, 3.8) is 0 Å². The number of piperazine rings is 2. The van der Waals surface area contributed by atoms with Crippen molar-refractivity contribution in [2.45, 2.75) is 13.8 Å². The van der Waals surface area contributed by atoms with Gasteiger partial charge in [-0.15, -0.1) is 0 Å². The van der Waals surface area contributed by atoms with Gasteiger partial charge in [0.1, 0.15) is 0 Å². The van der Waals surface area contributed by atoms with Crippen molar-refractivity contribution in [1.82, 2.24) is 9.80 Å². The van der Waals surface area contributed by atoms with Crippen molar-refractivity contribution in [2.24, 2.45) is 0 Å². The fourth-order valence-electron chi connectivity index (χ4n) is 3.65. The Morgan fingerprint density at radius 2 is 1.14 bits per heavy atom. The largest absolute Gasteiger partial charge is 0.450 e. The molecule has 0 aliphatic carbocycles. The fourth-order valence-corrected chi connectivity index (χ4v) is 3.87. The Labute approximate surface area is 176 Å². The molecule has 2 fully saturated rings. The summed E-state index contributed by atoms with van der Waals surface area (Å²) in [7, 11) is 0. The Hall–Kier alpha value is -2.35. The third-order valence-electron chi connectivity index (χ3n) is 5.21. The topological polar surface area (TPSA) is 65.6 Å². The minimum atomic E-state index is -0.251. The molecule has 2 saturated heterocycles. The summed E-state index contributed by atoms with van der Waals surface area (Å²) in [6, 6.07) is 6.05. The van der Waals surface area contributed by atoms with E-state index in [1.54, 1.807) is 9.80 Å². The van der Waals surface area contributed by atoms with Crippen molar-refractivity contribution in [2.75, 3.05) is 75.4 Å².